The van der Waals surface area contributed by atoms with Crippen molar-refractivity contribution in [3.8, 4) is 0 Å². The van der Waals surface area contributed by atoms with Crippen molar-refractivity contribution in [2.24, 2.45) is 34.0 Å². The van der Waals surface area contributed by atoms with Crippen molar-refractivity contribution in [2.75, 3.05) is 6.61 Å². The average Bonchev–Trinajstić information content (AvgIpc) is 3.19. The van der Waals surface area contributed by atoms with Gasteiger partial charge < -0.3 is 9.84 Å². The molecule has 1 unspecified atom stereocenters. The van der Waals surface area contributed by atoms with Crippen LogP contribution in [0.5, 0.6) is 0 Å². The largest absolute Gasteiger partial charge is 0.393 e. The maximum absolute atomic E-state index is 10.8. The quantitative estimate of drug-likeness (QED) is 0.401. The van der Waals surface area contributed by atoms with Gasteiger partial charge in [-0.25, -0.2) is 0 Å². The van der Waals surface area contributed by atoms with Gasteiger partial charge in [-0.2, -0.15) is 0 Å². The highest BCUT2D eigenvalue weighted by atomic mass is 16.5. The van der Waals surface area contributed by atoms with E-state index >= 15 is 0 Å². The number of fused-ring (bicyclic) bond motifs is 4. The van der Waals surface area contributed by atoms with E-state index in [-0.39, 0.29) is 16.9 Å². The van der Waals surface area contributed by atoms with Crippen LogP contribution in [0.3, 0.4) is 0 Å². The van der Waals surface area contributed by atoms with Crippen LogP contribution >= 0.6 is 0 Å². The monoisotopic (exact) mass is 476 g/mol. The molecule has 192 valence electrons. The van der Waals surface area contributed by atoms with Gasteiger partial charge in [0.05, 0.1) is 12.7 Å². The second-order valence-electron chi connectivity index (χ2n) is 13.4. The Morgan fingerprint density at radius 1 is 1.00 bits per heavy atom. The molecule has 0 aliphatic heterocycles. The van der Waals surface area contributed by atoms with Crippen molar-refractivity contribution < 1.29 is 9.84 Å². The Morgan fingerprint density at radius 2 is 1.77 bits per heavy atom. The molecule has 0 saturated heterocycles. The molecule has 4 aliphatic carbocycles. The summed E-state index contributed by atoms with van der Waals surface area (Å²) in [4.78, 5) is 0. The summed E-state index contributed by atoms with van der Waals surface area (Å²) in [6.07, 6.45) is 13.3. The average molecular weight is 477 g/mol. The number of allylic oxidation sites excluding steroid dienone is 4. The van der Waals surface area contributed by atoms with Crippen LogP contribution in [0.2, 0.25) is 0 Å². The third-order valence-corrected chi connectivity index (χ3v) is 11.2. The second-order valence-corrected chi connectivity index (χ2v) is 13.4. The highest BCUT2D eigenvalue weighted by Crippen LogP contribution is 2.66. The van der Waals surface area contributed by atoms with Gasteiger partial charge in [0.15, 0.2) is 0 Å². The van der Waals surface area contributed by atoms with Crippen LogP contribution < -0.4 is 0 Å². The maximum Gasteiger partial charge on any atom is 0.0716 e. The molecule has 5 rings (SSSR count). The molecule has 4 aliphatic rings. The van der Waals surface area contributed by atoms with E-state index in [1.165, 1.54) is 44.1 Å². The third kappa shape index (κ3) is 4.27. The van der Waals surface area contributed by atoms with Crippen LogP contribution in [0.25, 0.3) is 0 Å². The molecular weight excluding hydrogens is 428 g/mol. The molecule has 0 bridgehead atoms. The van der Waals surface area contributed by atoms with Crippen LogP contribution in [0, 0.1) is 34.0 Å². The summed E-state index contributed by atoms with van der Waals surface area (Å²) in [5.41, 5.74) is 7.15. The number of aliphatic hydroxyl groups excluding tert-OH is 1. The number of aliphatic hydroxyl groups is 1. The van der Waals surface area contributed by atoms with E-state index in [1.807, 2.05) is 0 Å². The molecular formula is C33H48O2. The number of ether oxygens (including phenoxy) is 1. The van der Waals surface area contributed by atoms with Gasteiger partial charge in [-0.3, -0.25) is 0 Å². The van der Waals surface area contributed by atoms with Gasteiger partial charge >= 0.3 is 0 Å². The molecule has 1 fully saturated rings. The first kappa shape index (κ1) is 25.3. The lowest BCUT2D eigenvalue weighted by Crippen LogP contribution is -2.53. The lowest BCUT2D eigenvalue weighted by molar-refractivity contribution is -0.0905. The van der Waals surface area contributed by atoms with Crippen molar-refractivity contribution >= 4 is 0 Å². The minimum atomic E-state index is -0.149. The number of hydrogen-bond acceptors (Lipinski definition) is 2. The van der Waals surface area contributed by atoms with Crippen molar-refractivity contribution in [2.45, 2.75) is 105 Å². The third-order valence-electron chi connectivity index (χ3n) is 11.2. The van der Waals surface area contributed by atoms with Crippen LogP contribution in [0.4, 0.5) is 0 Å². The molecule has 35 heavy (non-hydrogen) atoms. The summed E-state index contributed by atoms with van der Waals surface area (Å²) < 4.78 is 5.98. The lowest BCUT2D eigenvalue weighted by Gasteiger charge is -2.59. The van der Waals surface area contributed by atoms with Gasteiger partial charge in [-0.1, -0.05) is 76.6 Å². The van der Waals surface area contributed by atoms with Gasteiger partial charge in [-0.15, -0.1) is 0 Å². The van der Waals surface area contributed by atoms with Crippen molar-refractivity contribution in [1.29, 1.82) is 0 Å². The normalized spacial score (nSPS) is 36.7. The van der Waals surface area contributed by atoms with Gasteiger partial charge in [0.2, 0.25) is 0 Å². The van der Waals surface area contributed by atoms with Crippen LogP contribution in [0.1, 0.15) is 98.0 Å². The van der Waals surface area contributed by atoms with Crippen molar-refractivity contribution in [1.82, 2.24) is 0 Å². The van der Waals surface area contributed by atoms with E-state index in [9.17, 15) is 5.11 Å². The molecule has 0 heterocycles. The van der Waals surface area contributed by atoms with E-state index in [1.54, 1.807) is 16.7 Å². The topological polar surface area (TPSA) is 29.5 Å². The molecule has 2 nitrogen and oxygen atoms in total. The summed E-state index contributed by atoms with van der Waals surface area (Å²) >= 11 is 0. The summed E-state index contributed by atoms with van der Waals surface area (Å²) in [7, 11) is 0. The molecule has 1 saturated carbocycles. The first-order valence-corrected chi connectivity index (χ1v) is 14.4. The van der Waals surface area contributed by atoms with Crippen LogP contribution in [-0.2, 0) is 11.3 Å². The Labute approximate surface area is 214 Å². The van der Waals surface area contributed by atoms with E-state index < -0.39 is 0 Å². The molecule has 0 aromatic heterocycles. The molecule has 2 heteroatoms. The van der Waals surface area contributed by atoms with E-state index in [0.717, 1.165) is 44.3 Å². The highest BCUT2D eigenvalue weighted by molar-refractivity contribution is 5.49. The van der Waals surface area contributed by atoms with Crippen LogP contribution in [0.15, 0.2) is 53.1 Å². The minimum Gasteiger partial charge on any atom is -0.393 e. The van der Waals surface area contributed by atoms with Crippen LogP contribution in [-0.4, -0.2) is 17.8 Å². The Balaban J connectivity index is 1.23. The van der Waals surface area contributed by atoms with Crippen molar-refractivity contribution in [3.05, 3.63) is 58.7 Å². The van der Waals surface area contributed by atoms with E-state index in [4.69, 9.17) is 4.74 Å². The summed E-state index contributed by atoms with van der Waals surface area (Å²) in [6.45, 7) is 13.9. The predicted octanol–water partition coefficient (Wildman–Crippen LogP) is 8.26. The fourth-order valence-electron chi connectivity index (χ4n) is 9.05. The molecule has 0 spiro atoms. The molecule has 0 amide bonds. The zero-order chi connectivity index (χ0) is 24.8. The Hall–Kier alpha value is -1.38. The number of hydrogen-bond donors (Lipinski definition) is 1. The molecule has 1 aromatic carbocycles. The fraction of sp³-hybridized carbons (Fsp3) is 0.697. The Morgan fingerprint density at radius 3 is 2.54 bits per heavy atom. The van der Waals surface area contributed by atoms with E-state index in [0.29, 0.717) is 11.3 Å². The zero-order valence-electron chi connectivity index (χ0n) is 22.9. The summed E-state index contributed by atoms with van der Waals surface area (Å²) in [6, 6.07) is 10.5. The van der Waals surface area contributed by atoms with E-state index in [2.05, 4.69) is 71.0 Å². The van der Waals surface area contributed by atoms with Gasteiger partial charge in [-0.05, 0) is 108 Å². The zero-order valence-corrected chi connectivity index (χ0v) is 22.9. The Bertz CT molecular complexity index is 972. The predicted molar refractivity (Wildman–Crippen MR) is 145 cm³/mol. The smallest absolute Gasteiger partial charge is 0.0716 e. The first-order chi connectivity index (χ1) is 16.7. The lowest BCUT2D eigenvalue weighted by atomic mass is 9.46. The second kappa shape index (κ2) is 9.49. The van der Waals surface area contributed by atoms with Gasteiger partial charge in [0.1, 0.15) is 0 Å². The van der Waals surface area contributed by atoms with Gasteiger partial charge in [0, 0.05) is 6.61 Å². The fourth-order valence-corrected chi connectivity index (χ4v) is 9.05. The maximum atomic E-state index is 10.8. The number of benzene rings is 1. The number of rotatable bonds is 7. The molecule has 6 atom stereocenters. The van der Waals surface area contributed by atoms with Crippen molar-refractivity contribution in [3.63, 3.8) is 0 Å². The Kier molecular flexibility index (Phi) is 6.85. The minimum absolute atomic E-state index is 0.0238. The highest BCUT2D eigenvalue weighted by Gasteiger charge is 2.57. The summed E-state index contributed by atoms with van der Waals surface area (Å²) in [5, 5.41) is 10.8. The molecule has 0 radical (unpaired) electrons. The first-order valence-electron chi connectivity index (χ1n) is 14.4. The SMILES string of the molecule is C[C@H](CCCOCc1ccccc1)[C@H]1CC=C2C3=C(CC[C@@]21C)[C@@]1(C)CCC(O)C(C)(C)[C@@H]1CC3. The van der Waals surface area contributed by atoms with Gasteiger partial charge in [0.25, 0.3) is 0 Å². The molecule has 1 N–H and O–H groups in total. The summed E-state index contributed by atoms with van der Waals surface area (Å²) in [5.74, 6) is 2.09. The molecule has 1 aromatic rings. The standard InChI is InChI=1S/C33H48O2/c1-23(10-9-21-35-22-24-11-7-6-8-12-24)26-14-15-27-25-13-16-29-31(2,3)30(34)18-20-33(29,5)28(25)17-19-32(26,27)4/h6-8,11-12,15,23,26,29-30,34H,9-10,13-14,16-22H2,1-5H3/t23-,26-,29+,30?,32-,33-/m1/s1.